The third-order valence-corrected chi connectivity index (χ3v) is 6.91. The number of carbonyl (C=O) groups is 1. The number of hydrogen-bond donors (Lipinski definition) is 1. The van der Waals surface area contributed by atoms with Crippen LogP contribution in [0.3, 0.4) is 0 Å². The van der Waals surface area contributed by atoms with Gasteiger partial charge in [-0.25, -0.2) is 4.98 Å². The molecule has 2 aromatic rings. The van der Waals surface area contributed by atoms with E-state index in [4.69, 9.17) is 11.6 Å². The van der Waals surface area contributed by atoms with Gasteiger partial charge in [0.15, 0.2) is 0 Å². The van der Waals surface area contributed by atoms with Crippen molar-refractivity contribution in [3.8, 4) is 0 Å². The fourth-order valence-electron chi connectivity index (χ4n) is 6.20. The van der Waals surface area contributed by atoms with Crippen LogP contribution in [-0.4, -0.2) is 17.4 Å². The molecule has 4 aliphatic carbocycles. The van der Waals surface area contributed by atoms with Crippen molar-refractivity contribution in [2.45, 2.75) is 38.5 Å². The van der Waals surface area contributed by atoms with Crippen molar-refractivity contribution >= 4 is 28.4 Å². The molecule has 4 aliphatic rings. The maximum Gasteiger partial charge on any atom is 0.252 e. The number of carbonyl (C=O) groups excluding carboxylic acids is 1. The topological polar surface area (TPSA) is 42.0 Å². The van der Waals surface area contributed by atoms with Crippen LogP contribution in [0.15, 0.2) is 30.3 Å². The molecule has 0 atom stereocenters. The number of pyridine rings is 1. The SMILES string of the molecule is O=C(NCC12CC3CC(CC(C3)C1)C2)c1cc(Cl)nc2ccccc12. The Bertz CT molecular complexity index is 812. The number of nitrogens with zero attached hydrogens (tertiary/aromatic N) is 1. The van der Waals surface area contributed by atoms with Crippen LogP contribution in [0, 0.1) is 23.2 Å². The third kappa shape index (κ3) is 2.73. The van der Waals surface area contributed by atoms with Crippen LogP contribution in [0.1, 0.15) is 48.9 Å². The number of halogens is 1. The van der Waals surface area contributed by atoms with Crippen LogP contribution in [-0.2, 0) is 0 Å². The number of benzene rings is 1. The average Bonchev–Trinajstić information content (AvgIpc) is 2.58. The fraction of sp³-hybridized carbons (Fsp3) is 0.524. The van der Waals surface area contributed by atoms with E-state index in [9.17, 15) is 4.79 Å². The van der Waals surface area contributed by atoms with Crippen LogP contribution in [0.5, 0.6) is 0 Å². The lowest BCUT2D eigenvalue weighted by Crippen LogP contribution is -2.51. The van der Waals surface area contributed by atoms with Crippen molar-refractivity contribution in [3.05, 3.63) is 41.0 Å². The predicted octanol–water partition coefficient (Wildman–Crippen LogP) is 4.83. The van der Waals surface area contributed by atoms with E-state index in [1.54, 1.807) is 6.07 Å². The van der Waals surface area contributed by atoms with Crippen LogP contribution in [0.4, 0.5) is 0 Å². The lowest BCUT2D eigenvalue weighted by molar-refractivity contribution is -0.0503. The Morgan fingerprint density at radius 2 is 1.76 bits per heavy atom. The van der Waals surface area contributed by atoms with Crippen LogP contribution in [0.25, 0.3) is 10.9 Å². The molecule has 0 radical (unpaired) electrons. The highest BCUT2D eigenvalue weighted by atomic mass is 35.5. The van der Waals surface area contributed by atoms with Crippen molar-refractivity contribution < 1.29 is 4.79 Å². The summed E-state index contributed by atoms with van der Waals surface area (Å²) in [4.78, 5) is 17.2. The van der Waals surface area contributed by atoms with Gasteiger partial charge < -0.3 is 5.32 Å². The quantitative estimate of drug-likeness (QED) is 0.802. The van der Waals surface area contributed by atoms with E-state index in [0.29, 0.717) is 16.1 Å². The van der Waals surface area contributed by atoms with Gasteiger partial charge in [-0.3, -0.25) is 4.79 Å². The van der Waals surface area contributed by atoms with Gasteiger partial charge in [-0.05, 0) is 73.8 Å². The highest BCUT2D eigenvalue weighted by Gasteiger charge is 2.50. The maximum absolute atomic E-state index is 12.9. The number of fused-ring (bicyclic) bond motifs is 1. The van der Waals surface area contributed by atoms with Gasteiger partial charge in [0.2, 0.25) is 0 Å². The molecule has 4 saturated carbocycles. The second-order valence-corrected chi connectivity index (χ2v) is 9.00. The molecule has 4 fully saturated rings. The molecule has 3 nitrogen and oxygen atoms in total. The summed E-state index contributed by atoms with van der Waals surface area (Å²) < 4.78 is 0. The number of rotatable bonds is 3. The van der Waals surface area contributed by atoms with E-state index < -0.39 is 0 Å². The number of amides is 1. The molecular formula is C21H23ClN2O. The second-order valence-electron chi connectivity index (χ2n) is 8.61. The van der Waals surface area contributed by atoms with E-state index >= 15 is 0 Å². The molecule has 1 amide bonds. The standard InChI is InChI=1S/C21H23ClN2O/c22-19-8-17(16-3-1-2-4-18(16)24-19)20(25)23-12-21-9-13-5-14(10-21)7-15(6-13)11-21/h1-4,8,13-15H,5-7,9-12H2,(H,23,25). The minimum Gasteiger partial charge on any atom is -0.351 e. The summed E-state index contributed by atoms with van der Waals surface area (Å²) in [5.41, 5.74) is 1.76. The van der Waals surface area contributed by atoms with Crippen molar-refractivity contribution in [3.63, 3.8) is 0 Å². The number of nitrogens with one attached hydrogen (secondary N) is 1. The summed E-state index contributed by atoms with van der Waals surface area (Å²) in [6.45, 7) is 0.809. The molecule has 0 spiro atoms. The summed E-state index contributed by atoms with van der Waals surface area (Å²) >= 11 is 6.13. The molecule has 4 bridgehead atoms. The Balaban J connectivity index is 1.38. The number of aromatic nitrogens is 1. The van der Waals surface area contributed by atoms with Gasteiger partial charge >= 0.3 is 0 Å². The van der Waals surface area contributed by atoms with Gasteiger partial charge in [-0.15, -0.1) is 0 Å². The molecule has 1 heterocycles. The highest BCUT2D eigenvalue weighted by Crippen LogP contribution is 2.59. The first-order chi connectivity index (χ1) is 12.1. The van der Waals surface area contributed by atoms with E-state index in [2.05, 4.69) is 10.3 Å². The normalized spacial score (nSPS) is 32.9. The highest BCUT2D eigenvalue weighted by molar-refractivity contribution is 6.30. The maximum atomic E-state index is 12.9. The zero-order chi connectivity index (χ0) is 17.0. The largest absolute Gasteiger partial charge is 0.351 e. The summed E-state index contributed by atoms with van der Waals surface area (Å²) in [7, 11) is 0. The molecule has 1 N–H and O–H groups in total. The summed E-state index contributed by atoms with van der Waals surface area (Å²) in [6, 6.07) is 9.39. The molecule has 25 heavy (non-hydrogen) atoms. The molecule has 0 saturated heterocycles. The molecule has 0 unspecified atom stereocenters. The molecule has 130 valence electrons. The monoisotopic (exact) mass is 354 g/mol. The van der Waals surface area contributed by atoms with Gasteiger partial charge in [0.05, 0.1) is 11.1 Å². The minimum absolute atomic E-state index is 0.0174. The Hall–Kier alpha value is -1.61. The molecule has 1 aromatic carbocycles. The van der Waals surface area contributed by atoms with Gasteiger partial charge in [0.1, 0.15) is 5.15 Å². The minimum atomic E-state index is -0.0174. The summed E-state index contributed by atoms with van der Waals surface area (Å²) in [5, 5.41) is 4.49. The van der Waals surface area contributed by atoms with E-state index in [1.165, 1.54) is 38.5 Å². The van der Waals surface area contributed by atoms with Gasteiger partial charge in [-0.1, -0.05) is 29.8 Å². The average molecular weight is 355 g/mol. The second kappa shape index (κ2) is 5.70. The van der Waals surface area contributed by atoms with Crippen LogP contribution in [0.2, 0.25) is 5.15 Å². The van der Waals surface area contributed by atoms with Gasteiger partial charge in [0.25, 0.3) is 5.91 Å². The van der Waals surface area contributed by atoms with E-state index in [-0.39, 0.29) is 5.91 Å². The Kier molecular flexibility index (Phi) is 3.56. The van der Waals surface area contributed by atoms with E-state index in [1.807, 2.05) is 24.3 Å². The van der Waals surface area contributed by atoms with Crippen molar-refractivity contribution in [2.75, 3.05) is 6.54 Å². The van der Waals surface area contributed by atoms with Gasteiger partial charge in [-0.2, -0.15) is 0 Å². The van der Waals surface area contributed by atoms with E-state index in [0.717, 1.165) is 35.2 Å². The number of hydrogen-bond acceptors (Lipinski definition) is 2. The lowest BCUT2D eigenvalue weighted by atomic mass is 9.49. The lowest BCUT2D eigenvalue weighted by Gasteiger charge is -2.56. The Labute approximate surface area is 153 Å². The predicted molar refractivity (Wildman–Crippen MR) is 99.7 cm³/mol. The molecule has 1 aromatic heterocycles. The first-order valence-electron chi connectivity index (χ1n) is 9.44. The zero-order valence-corrected chi connectivity index (χ0v) is 15.1. The van der Waals surface area contributed by atoms with Crippen molar-refractivity contribution in [1.82, 2.24) is 10.3 Å². The van der Waals surface area contributed by atoms with Crippen LogP contribution >= 0.6 is 11.6 Å². The van der Waals surface area contributed by atoms with Crippen LogP contribution < -0.4 is 5.32 Å². The molecular weight excluding hydrogens is 332 g/mol. The van der Waals surface area contributed by atoms with Crippen molar-refractivity contribution in [1.29, 1.82) is 0 Å². The number of para-hydroxylation sites is 1. The Morgan fingerprint density at radius 1 is 1.12 bits per heavy atom. The zero-order valence-electron chi connectivity index (χ0n) is 14.3. The Morgan fingerprint density at radius 3 is 2.44 bits per heavy atom. The molecule has 4 heteroatoms. The van der Waals surface area contributed by atoms with Crippen molar-refractivity contribution in [2.24, 2.45) is 23.2 Å². The third-order valence-electron chi connectivity index (χ3n) is 6.72. The smallest absolute Gasteiger partial charge is 0.252 e. The summed E-state index contributed by atoms with van der Waals surface area (Å²) in [6.07, 6.45) is 8.19. The fourth-order valence-corrected chi connectivity index (χ4v) is 6.40. The summed E-state index contributed by atoms with van der Waals surface area (Å²) in [5.74, 6) is 2.69. The molecule has 6 rings (SSSR count). The first kappa shape index (κ1) is 15.6. The molecule has 0 aliphatic heterocycles. The first-order valence-corrected chi connectivity index (χ1v) is 9.81. The van der Waals surface area contributed by atoms with Gasteiger partial charge in [0, 0.05) is 11.9 Å².